The van der Waals surface area contributed by atoms with Gasteiger partial charge >= 0.3 is 0 Å². The molecule has 2 aliphatic heterocycles. The van der Waals surface area contributed by atoms with E-state index in [1.807, 2.05) is 69.0 Å². The SMILES string of the molecule is CCN1CCN(c2ccc(Nc3ncnc(Oc4ccc5[nH]c(C)cc5c4F)c3C(=O)N(C)CC)cc2F)CC1.Cc1cc2c(F)c(Oc3ncnc(Nc4cc(-c5ccc6c(c5)OCO6)[nH]n4)c3C(=O)N(C)C)ccc2[nH]1.Cc1cc2c(F)c(Oc3ncnc(Nc4cc(-c5ccc6nccnc6c5)[nH]n4)c3C(=O)N(C)C)ccc2[nH]1. The molecule has 0 atom stereocenters. The molecular formula is C82H77F4N23O8. The number of nitrogens with one attached hydrogen (secondary N) is 8. The number of halogens is 4. The number of H-pyrrole nitrogens is 5. The van der Waals surface area contributed by atoms with Crippen LogP contribution in [0.5, 0.6) is 46.4 Å². The van der Waals surface area contributed by atoms with E-state index in [-0.39, 0.29) is 81.6 Å². The van der Waals surface area contributed by atoms with Crippen LogP contribution in [0.15, 0.2) is 153 Å². The van der Waals surface area contributed by atoms with Crippen LogP contribution < -0.4 is 44.5 Å². The Labute approximate surface area is 664 Å². The van der Waals surface area contributed by atoms with Gasteiger partial charge in [-0.1, -0.05) is 13.0 Å². The number of aryl methyl sites for hydroxylation is 3. The van der Waals surface area contributed by atoms with Crippen LogP contribution in [0.4, 0.5) is 58.0 Å². The number of ether oxygens (including phenoxy) is 5. The highest BCUT2D eigenvalue weighted by Gasteiger charge is 2.30. The molecule has 0 aliphatic carbocycles. The highest BCUT2D eigenvalue weighted by Crippen LogP contribution is 2.41. The van der Waals surface area contributed by atoms with Gasteiger partial charge in [-0.15, -0.1) is 0 Å². The number of likely N-dealkylation sites (N-methyl/N-ethyl adjacent to an activating group) is 1. The average molecular weight is 1590 g/mol. The molecular weight excluding hydrogens is 1510 g/mol. The van der Waals surface area contributed by atoms with Crippen LogP contribution >= 0.6 is 0 Å². The van der Waals surface area contributed by atoms with Gasteiger partial charge in [0, 0.05) is 159 Å². The molecule has 0 saturated carbocycles. The minimum Gasteiger partial charge on any atom is -0.454 e. The average Bonchev–Trinajstić information content (AvgIpc) is 1.71. The van der Waals surface area contributed by atoms with Gasteiger partial charge in [-0.05, 0) is 137 Å². The number of amides is 3. The van der Waals surface area contributed by atoms with Crippen molar-refractivity contribution in [2.24, 2.45) is 0 Å². The number of aromatic nitrogens is 15. The van der Waals surface area contributed by atoms with Crippen LogP contribution in [0.3, 0.4) is 0 Å². The topological polar surface area (TPSA) is 357 Å². The van der Waals surface area contributed by atoms with Crippen molar-refractivity contribution in [3.63, 3.8) is 0 Å². The Morgan fingerprint density at radius 3 is 1.40 bits per heavy atom. The summed E-state index contributed by atoms with van der Waals surface area (Å²) in [6.07, 6.45) is 6.95. The first kappa shape index (κ1) is 77.5. The van der Waals surface area contributed by atoms with Crippen LogP contribution in [-0.4, -0.2) is 194 Å². The van der Waals surface area contributed by atoms with Crippen LogP contribution in [0.2, 0.25) is 0 Å². The maximum atomic E-state index is 15.3. The molecule has 8 N–H and O–H groups in total. The Balaban J connectivity index is 0.000000138. The summed E-state index contributed by atoms with van der Waals surface area (Å²) < 4.78 is 89.4. The van der Waals surface area contributed by atoms with Crippen LogP contribution in [0.25, 0.3) is 66.3 Å². The van der Waals surface area contributed by atoms with Crippen LogP contribution in [0.1, 0.15) is 62.0 Å². The third-order valence-electron chi connectivity index (χ3n) is 19.3. The molecule has 15 aromatic rings. The van der Waals surface area contributed by atoms with E-state index in [0.717, 1.165) is 72.0 Å². The van der Waals surface area contributed by atoms with E-state index < -0.39 is 35.2 Å². The van der Waals surface area contributed by atoms with Gasteiger partial charge in [0.25, 0.3) is 17.7 Å². The quantitative estimate of drug-likeness (QED) is 0.0329. The predicted octanol–water partition coefficient (Wildman–Crippen LogP) is 15.1. The van der Waals surface area contributed by atoms with Crippen LogP contribution in [-0.2, 0) is 0 Å². The fourth-order valence-corrected chi connectivity index (χ4v) is 13.2. The van der Waals surface area contributed by atoms with Gasteiger partial charge < -0.3 is 79.1 Å². The van der Waals surface area contributed by atoms with Gasteiger partial charge in [0.2, 0.25) is 24.4 Å². The van der Waals surface area contributed by atoms with Crippen molar-refractivity contribution < 1.29 is 55.6 Å². The molecule has 117 heavy (non-hydrogen) atoms. The molecule has 35 heteroatoms. The Morgan fingerprint density at radius 1 is 0.479 bits per heavy atom. The normalized spacial score (nSPS) is 12.4. The fraction of sp³-hybridized carbons (Fsp3) is 0.207. The maximum absolute atomic E-state index is 15.3. The standard InChI is InChI=1S/C29H33F2N7O2.C27H22FN9O2.C26H22FN7O4/c1-5-36(4)29(39)25-27(35-19-7-9-23(21(30)16-19)38-13-11-37(6-2)12-14-38)32-17-33-28(25)40-24-10-8-22-20(26(24)31)15-18(3)34-22;1-14-10-16-17(33-14)6-7-21(24(16)28)39-26-23(27(38)37(2)3)25(31-13-32-26)34-22-12-19(35-36-22)15-4-5-18-20(11-15)30-9-8-29-18;1-13-8-15-16(30-13)5-7-19(23(15)27)38-25-22(26(35)34(2)3)24(28-11-29-25)31-21-10-17(32-33-21)14-4-6-18-20(9-14)37-12-36-18/h7-10,15-17,34H,5-6,11-14H2,1-4H3,(H,32,33,35);4-13,33H,1-3H3,(H2,31,32,34,35,36);4-11,30H,12H2,1-3H3,(H2,28,29,31,32,33). The Kier molecular flexibility index (Phi) is 22.0. The fourth-order valence-electron chi connectivity index (χ4n) is 13.2. The monoisotopic (exact) mass is 1590 g/mol. The molecule has 17 rings (SSSR count). The highest BCUT2D eigenvalue weighted by atomic mass is 19.1. The smallest absolute Gasteiger partial charge is 0.262 e. The molecule has 596 valence electrons. The second kappa shape index (κ2) is 33.1. The van der Waals surface area contributed by atoms with E-state index in [4.69, 9.17) is 23.7 Å². The zero-order valence-corrected chi connectivity index (χ0v) is 64.9. The van der Waals surface area contributed by atoms with Crippen molar-refractivity contribution in [3.8, 4) is 68.9 Å². The number of piperazine rings is 1. The maximum Gasteiger partial charge on any atom is 0.262 e. The van der Waals surface area contributed by atoms with Gasteiger partial charge in [-0.2, -0.15) is 10.2 Å². The van der Waals surface area contributed by atoms with Gasteiger partial charge in [0.1, 0.15) is 41.5 Å². The van der Waals surface area contributed by atoms with E-state index in [9.17, 15) is 14.4 Å². The number of nitrogens with zero attached hydrogens (tertiary/aromatic N) is 15. The molecule has 9 aromatic heterocycles. The number of carbonyl (C=O) groups is 3. The van der Waals surface area contributed by atoms with Gasteiger partial charge in [0.15, 0.2) is 75.3 Å². The summed E-state index contributed by atoms with van der Waals surface area (Å²) in [4.78, 5) is 91.4. The first-order valence-corrected chi connectivity index (χ1v) is 36.9. The van der Waals surface area contributed by atoms with E-state index in [2.05, 4.69) is 103 Å². The Morgan fingerprint density at radius 2 is 0.932 bits per heavy atom. The molecule has 0 unspecified atom stereocenters. The third-order valence-corrected chi connectivity index (χ3v) is 19.3. The van der Waals surface area contributed by atoms with Crippen molar-refractivity contribution in [3.05, 3.63) is 210 Å². The van der Waals surface area contributed by atoms with Gasteiger partial charge in [-0.25, -0.2) is 47.5 Å². The van der Waals surface area contributed by atoms with E-state index in [1.165, 1.54) is 57.9 Å². The van der Waals surface area contributed by atoms with Crippen LogP contribution in [0, 0.1) is 44.0 Å². The lowest BCUT2D eigenvalue weighted by Crippen LogP contribution is -2.46. The number of fused-ring (bicyclic) bond motifs is 5. The number of rotatable bonds is 20. The van der Waals surface area contributed by atoms with Crippen molar-refractivity contribution in [1.82, 2.24) is 94.8 Å². The second-order valence-corrected chi connectivity index (χ2v) is 27.7. The molecule has 0 bridgehead atoms. The minimum absolute atomic E-state index is 0.0109. The summed E-state index contributed by atoms with van der Waals surface area (Å²) in [5, 5.41) is 24.8. The molecule has 2 aliphatic rings. The lowest BCUT2D eigenvalue weighted by atomic mass is 10.1. The summed E-state index contributed by atoms with van der Waals surface area (Å²) in [5.41, 5.74) is 9.96. The van der Waals surface area contributed by atoms with E-state index in [1.54, 1.807) is 108 Å². The number of hydrogen-bond acceptors (Lipinski definition) is 23. The second-order valence-electron chi connectivity index (χ2n) is 27.7. The zero-order valence-electron chi connectivity index (χ0n) is 64.9. The van der Waals surface area contributed by atoms with E-state index in [0.29, 0.717) is 85.2 Å². The highest BCUT2D eigenvalue weighted by molar-refractivity contribution is 6.03. The minimum atomic E-state index is -0.574. The van der Waals surface area contributed by atoms with Gasteiger partial charge in [-0.3, -0.25) is 34.5 Å². The molecule has 6 aromatic carbocycles. The largest absolute Gasteiger partial charge is 0.454 e. The summed E-state index contributed by atoms with van der Waals surface area (Å²) in [7, 11) is 7.99. The summed E-state index contributed by atoms with van der Waals surface area (Å²) in [6.45, 7) is 14.3. The lowest BCUT2D eigenvalue weighted by molar-refractivity contribution is 0.0796. The number of hydrogen-bond donors (Lipinski definition) is 8. The number of carbonyl (C=O) groups excluding carboxylic acids is 3. The number of aromatic amines is 5. The van der Waals surface area contributed by atoms with Crippen molar-refractivity contribution in [2.75, 3.05) is 102 Å². The van der Waals surface area contributed by atoms with Crippen molar-refractivity contribution >= 4 is 102 Å². The Bertz CT molecular complexity index is 6280. The summed E-state index contributed by atoms with van der Waals surface area (Å²) in [6, 6.07) is 34.2. The van der Waals surface area contributed by atoms with Crippen molar-refractivity contribution in [1.29, 1.82) is 0 Å². The molecule has 1 saturated heterocycles. The Hall–Kier alpha value is -14.8. The molecule has 0 spiro atoms. The molecule has 0 radical (unpaired) electrons. The summed E-state index contributed by atoms with van der Waals surface area (Å²) in [5.74, 6) is -1.37. The first-order valence-electron chi connectivity index (χ1n) is 36.9. The van der Waals surface area contributed by atoms with Gasteiger partial charge in [0.05, 0.1) is 28.1 Å². The molecule has 11 heterocycles. The van der Waals surface area contributed by atoms with E-state index >= 15 is 17.6 Å². The summed E-state index contributed by atoms with van der Waals surface area (Å²) >= 11 is 0. The number of benzene rings is 6. The number of anilines is 7. The third kappa shape index (κ3) is 16.4. The lowest BCUT2D eigenvalue weighted by Gasteiger charge is -2.35. The van der Waals surface area contributed by atoms with Crippen molar-refractivity contribution in [2.45, 2.75) is 34.6 Å². The molecule has 1 fully saturated rings. The zero-order chi connectivity index (χ0) is 81.9. The predicted molar refractivity (Wildman–Crippen MR) is 432 cm³/mol. The molecule has 31 nitrogen and oxygen atoms in total. The molecule has 3 amide bonds. The first-order chi connectivity index (χ1) is 56.5.